The Kier molecular flexibility index (Phi) is 6.74. The third-order valence-corrected chi connectivity index (χ3v) is 8.66. The molecule has 2 aromatic rings. The fourth-order valence-electron chi connectivity index (χ4n) is 5.68. The van der Waals surface area contributed by atoms with E-state index in [1.165, 1.54) is 49.6 Å². The van der Waals surface area contributed by atoms with Gasteiger partial charge in [0, 0.05) is 12.1 Å². The van der Waals surface area contributed by atoms with Crippen molar-refractivity contribution in [2.24, 2.45) is 23.7 Å². The molecule has 0 spiro atoms. The average Bonchev–Trinajstić information content (AvgIpc) is 3.51. The highest BCUT2D eigenvalue weighted by Gasteiger charge is 2.66. The smallest absolute Gasteiger partial charge is 0.338 e. The molecule has 5 rings (SSSR count). The molecule has 0 aromatic heterocycles. The van der Waals surface area contributed by atoms with Gasteiger partial charge in [-0.2, -0.15) is 0 Å². The Morgan fingerprint density at radius 1 is 1.08 bits per heavy atom. The van der Waals surface area contributed by atoms with E-state index >= 15 is 0 Å². The standard InChI is InChI=1S/C25H21Cl2N3O8/c1-37-13-5-6-17(30(35)36)16(8-13)28-18(31)10-38-25(34)11-3-2-4-12(7-11)29-23(32)19-14-9-15(20(19)24(29)33)22(27)21(14)26/h2-8,14-15,19-22H,9-10H2,1H3,(H,28,31)/t14-,15-,19-,20+,21+,22+/m1/s1. The highest BCUT2D eigenvalue weighted by Crippen LogP contribution is 2.59. The number of alkyl halides is 2. The van der Waals surface area contributed by atoms with Gasteiger partial charge in [-0.1, -0.05) is 6.07 Å². The maximum atomic E-state index is 13.2. The van der Waals surface area contributed by atoms with Crippen molar-refractivity contribution in [1.29, 1.82) is 0 Å². The van der Waals surface area contributed by atoms with Gasteiger partial charge in [0.1, 0.15) is 11.4 Å². The van der Waals surface area contributed by atoms with Crippen LogP contribution < -0.4 is 15.0 Å². The van der Waals surface area contributed by atoms with E-state index in [4.69, 9.17) is 32.7 Å². The molecular formula is C25H21Cl2N3O8. The molecule has 2 bridgehead atoms. The molecular weight excluding hydrogens is 541 g/mol. The van der Waals surface area contributed by atoms with Crippen LogP contribution in [0.2, 0.25) is 0 Å². The second-order valence-corrected chi connectivity index (χ2v) is 10.3. The van der Waals surface area contributed by atoms with Crippen molar-refractivity contribution in [2.45, 2.75) is 17.2 Å². The number of nitro benzene ring substituents is 1. The monoisotopic (exact) mass is 561 g/mol. The van der Waals surface area contributed by atoms with E-state index < -0.39 is 35.2 Å². The SMILES string of the molecule is COc1ccc([N+](=O)[O-])c(NC(=O)COC(=O)c2cccc(N3C(=O)[C@@H]4[C@H]5C[C@@H]([C@H](Cl)[C@H]5Cl)[C@@H]4C3=O)c2)c1. The highest BCUT2D eigenvalue weighted by atomic mass is 35.5. The Bertz CT molecular complexity index is 1340. The number of rotatable bonds is 7. The van der Waals surface area contributed by atoms with E-state index in [2.05, 4.69) is 5.32 Å². The summed E-state index contributed by atoms with van der Waals surface area (Å²) in [7, 11) is 1.37. The first kappa shape index (κ1) is 25.9. The summed E-state index contributed by atoms with van der Waals surface area (Å²) in [6.07, 6.45) is 0.635. The molecule has 2 aliphatic carbocycles. The van der Waals surface area contributed by atoms with Crippen molar-refractivity contribution in [2.75, 3.05) is 23.9 Å². The van der Waals surface area contributed by atoms with E-state index in [0.29, 0.717) is 6.42 Å². The lowest BCUT2D eigenvalue weighted by molar-refractivity contribution is -0.383. The minimum absolute atomic E-state index is 0.00809. The molecule has 2 saturated carbocycles. The number of imide groups is 1. The van der Waals surface area contributed by atoms with Crippen molar-refractivity contribution in [1.82, 2.24) is 0 Å². The Morgan fingerprint density at radius 3 is 2.34 bits per heavy atom. The van der Waals surface area contributed by atoms with Crippen LogP contribution in [0.25, 0.3) is 0 Å². The minimum Gasteiger partial charge on any atom is -0.497 e. The van der Waals surface area contributed by atoms with Gasteiger partial charge in [0.25, 0.3) is 11.6 Å². The second-order valence-electron chi connectivity index (χ2n) is 9.33. The number of hydrogen-bond donors (Lipinski definition) is 1. The molecule has 198 valence electrons. The third-order valence-electron chi connectivity index (χ3n) is 7.34. The molecule has 3 fully saturated rings. The van der Waals surface area contributed by atoms with Crippen LogP contribution in [0.5, 0.6) is 5.75 Å². The first-order valence-electron chi connectivity index (χ1n) is 11.7. The van der Waals surface area contributed by atoms with Gasteiger partial charge in [-0.05, 0) is 42.5 Å². The van der Waals surface area contributed by atoms with E-state index in [9.17, 15) is 29.3 Å². The van der Waals surface area contributed by atoms with Gasteiger partial charge in [-0.3, -0.25) is 29.4 Å². The van der Waals surface area contributed by atoms with Gasteiger partial charge in [-0.25, -0.2) is 4.79 Å². The molecule has 1 heterocycles. The Hall–Kier alpha value is -3.70. The van der Waals surface area contributed by atoms with Crippen LogP contribution in [0.3, 0.4) is 0 Å². The maximum absolute atomic E-state index is 13.2. The van der Waals surface area contributed by atoms with Crippen molar-refractivity contribution >= 4 is 64.0 Å². The van der Waals surface area contributed by atoms with Crippen LogP contribution in [0.1, 0.15) is 16.8 Å². The summed E-state index contributed by atoms with van der Waals surface area (Å²) in [5.74, 6) is -3.59. The Balaban J connectivity index is 1.26. The van der Waals surface area contributed by atoms with Crippen molar-refractivity contribution < 1.29 is 33.6 Å². The zero-order valence-electron chi connectivity index (χ0n) is 19.8. The molecule has 13 heteroatoms. The number of halogens is 2. The number of nitrogens with one attached hydrogen (secondary N) is 1. The van der Waals surface area contributed by atoms with Crippen LogP contribution in [0.4, 0.5) is 17.1 Å². The molecule has 6 atom stereocenters. The second kappa shape index (κ2) is 9.88. The third kappa shape index (κ3) is 4.25. The highest BCUT2D eigenvalue weighted by molar-refractivity contribution is 6.32. The maximum Gasteiger partial charge on any atom is 0.338 e. The molecule has 11 nitrogen and oxygen atoms in total. The number of nitrogens with zero attached hydrogens (tertiary/aromatic N) is 2. The van der Waals surface area contributed by atoms with Gasteiger partial charge < -0.3 is 14.8 Å². The van der Waals surface area contributed by atoms with Gasteiger partial charge in [0.05, 0.1) is 45.9 Å². The summed E-state index contributed by atoms with van der Waals surface area (Å²) < 4.78 is 10.1. The normalized spacial score (nSPS) is 27.3. The summed E-state index contributed by atoms with van der Waals surface area (Å²) in [6.45, 7) is -0.735. The fraction of sp³-hybridized carbons (Fsp3) is 0.360. The topological polar surface area (TPSA) is 145 Å². The number of anilines is 2. The van der Waals surface area contributed by atoms with Crippen LogP contribution in [-0.4, -0.2) is 53.1 Å². The zero-order chi connectivity index (χ0) is 27.3. The number of carbonyl (C=O) groups excluding carboxylic acids is 4. The number of amides is 3. The van der Waals surface area contributed by atoms with Crippen LogP contribution in [0.15, 0.2) is 42.5 Å². The lowest BCUT2D eigenvalue weighted by Gasteiger charge is -2.28. The van der Waals surface area contributed by atoms with Crippen LogP contribution >= 0.6 is 23.2 Å². The molecule has 38 heavy (non-hydrogen) atoms. The van der Waals surface area contributed by atoms with Crippen LogP contribution in [0, 0.1) is 33.8 Å². The minimum atomic E-state index is -0.886. The molecule has 0 radical (unpaired) electrons. The molecule has 2 aromatic carbocycles. The lowest BCUT2D eigenvalue weighted by Crippen LogP contribution is -2.37. The van der Waals surface area contributed by atoms with Crippen molar-refractivity contribution in [3.05, 3.63) is 58.1 Å². The first-order chi connectivity index (χ1) is 18.1. The summed E-state index contributed by atoms with van der Waals surface area (Å²) in [6, 6.07) is 9.58. The average molecular weight is 562 g/mol. The summed E-state index contributed by atoms with van der Waals surface area (Å²) in [5, 5.41) is 12.8. The number of fused-ring (bicyclic) bond motifs is 5. The molecule has 1 N–H and O–H groups in total. The number of nitro groups is 1. The van der Waals surface area contributed by atoms with E-state index in [1.807, 2.05) is 0 Å². The van der Waals surface area contributed by atoms with E-state index in [1.54, 1.807) is 0 Å². The molecule has 1 saturated heterocycles. The van der Waals surface area contributed by atoms with Gasteiger partial charge >= 0.3 is 5.97 Å². The molecule has 0 unspecified atom stereocenters. The van der Waals surface area contributed by atoms with E-state index in [0.717, 1.165) is 4.90 Å². The largest absolute Gasteiger partial charge is 0.497 e. The summed E-state index contributed by atoms with van der Waals surface area (Å²) in [4.78, 5) is 63.0. The predicted molar refractivity (Wildman–Crippen MR) is 135 cm³/mol. The van der Waals surface area contributed by atoms with Crippen LogP contribution in [-0.2, 0) is 19.1 Å². The van der Waals surface area contributed by atoms with Gasteiger partial charge in [0.2, 0.25) is 11.8 Å². The van der Waals surface area contributed by atoms with E-state index in [-0.39, 0.29) is 62.8 Å². The summed E-state index contributed by atoms with van der Waals surface area (Å²) >= 11 is 12.8. The van der Waals surface area contributed by atoms with Gasteiger partial charge in [0.15, 0.2) is 6.61 Å². The lowest BCUT2D eigenvalue weighted by atomic mass is 9.80. The number of esters is 1. The predicted octanol–water partition coefficient (Wildman–Crippen LogP) is 3.37. The number of methoxy groups -OCH3 is 1. The number of carbonyl (C=O) groups is 4. The summed E-state index contributed by atoms with van der Waals surface area (Å²) in [5.41, 5.74) is -0.274. The number of benzene rings is 2. The fourth-order valence-corrected chi connectivity index (χ4v) is 6.57. The Labute approximate surface area is 226 Å². The van der Waals surface area contributed by atoms with Crippen molar-refractivity contribution in [3.63, 3.8) is 0 Å². The molecule has 3 aliphatic rings. The van der Waals surface area contributed by atoms with Gasteiger partial charge in [-0.15, -0.1) is 23.2 Å². The molecule has 3 amide bonds. The number of ether oxygens (including phenoxy) is 2. The Morgan fingerprint density at radius 2 is 1.74 bits per heavy atom. The number of hydrogen-bond acceptors (Lipinski definition) is 8. The molecule has 1 aliphatic heterocycles. The van der Waals surface area contributed by atoms with Crippen molar-refractivity contribution in [3.8, 4) is 5.75 Å². The zero-order valence-corrected chi connectivity index (χ0v) is 21.3. The first-order valence-corrected chi connectivity index (χ1v) is 12.5. The quantitative estimate of drug-likeness (QED) is 0.178.